The van der Waals surface area contributed by atoms with Gasteiger partial charge in [-0.15, -0.1) is 0 Å². The maximum Gasteiger partial charge on any atom is 0.160 e. The Morgan fingerprint density at radius 3 is 2.94 bits per heavy atom. The molecule has 0 saturated heterocycles. The molecule has 5 nitrogen and oxygen atoms in total. The minimum absolute atomic E-state index is 0.0104. The van der Waals surface area contributed by atoms with E-state index in [0.29, 0.717) is 16.9 Å². The van der Waals surface area contributed by atoms with Gasteiger partial charge in [0.15, 0.2) is 5.65 Å². The van der Waals surface area contributed by atoms with Crippen molar-refractivity contribution in [2.24, 2.45) is 0 Å². The molecule has 0 saturated carbocycles. The molecule has 3 rings (SSSR count). The number of halogens is 2. The number of nitrogens with one attached hydrogen (secondary N) is 2. The summed E-state index contributed by atoms with van der Waals surface area (Å²) in [5.74, 6) is -0.735. The second-order valence-corrected chi connectivity index (χ2v) is 3.60. The first-order valence-corrected chi connectivity index (χ1v) is 5.10. The van der Waals surface area contributed by atoms with Crippen LogP contribution in [0.15, 0.2) is 30.7 Å². The van der Waals surface area contributed by atoms with Crippen molar-refractivity contribution in [1.82, 2.24) is 20.2 Å². The van der Waals surface area contributed by atoms with Gasteiger partial charge in [-0.25, -0.2) is 18.7 Å². The molecule has 0 atom stereocenters. The summed E-state index contributed by atoms with van der Waals surface area (Å²) in [5.41, 5.74) is 0.528. The molecule has 1 aromatic carbocycles. The number of benzene rings is 1. The lowest BCUT2D eigenvalue weighted by Gasteiger charge is -2.07. The first-order valence-electron chi connectivity index (χ1n) is 5.10. The van der Waals surface area contributed by atoms with Crippen LogP contribution in [0.3, 0.4) is 0 Å². The van der Waals surface area contributed by atoms with Crippen molar-refractivity contribution >= 4 is 22.5 Å². The van der Waals surface area contributed by atoms with Crippen molar-refractivity contribution in [1.29, 1.82) is 0 Å². The highest BCUT2D eigenvalue weighted by Crippen LogP contribution is 2.23. The lowest BCUT2D eigenvalue weighted by molar-refractivity contribution is 0.603. The number of rotatable bonds is 2. The van der Waals surface area contributed by atoms with Crippen LogP contribution in [0.5, 0.6) is 0 Å². The van der Waals surface area contributed by atoms with Gasteiger partial charge in [0.2, 0.25) is 0 Å². The molecule has 0 amide bonds. The van der Waals surface area contributed by atoms with E-state index in [1.165, 1.54) is 12.5 Å². The van der Waals surface area contributed by atoms with Gasteiger partial charge >= 0.3 is 0 Å². The maximum atomic E-state index is 13.5. The van der Waals surface area contributed by atoms with Crippen LogP contribution in [0.4, 0.5) is 20.3 Å². The van der Waals surface area contributed by atoms with E-state index in [0.717, 1.165) is 18.2 Å². The van der Waals surface area contributed by atoms with E-state index in [9.17, 15) is 8.78 Å². The molecule has 0 radical (unpaired) electrons. The fourth-order valence-corrected chi connectivity index (χ4v) is 1.59. The molecule has 0 unspecified atom stereocenters. The summed E-state index contributed by atoms with van der Waals surface area (Å²) in [7, 11) is 0. The third-order valence-corrected chi connectivity index (χ3v) is 2.43. The Hall–Kier alpha value is -2.57. The number of hydrogen-bond acceptors (Lipinski definition) is 4. The third kappa shape index (κ3) is 1.75. The van der Waals surface area contributed by atoms with Gasteiger partial charge in [0.25, 0.3) is 0 Å². The Bertz CT molecular complexity index is 709. The highest BCUT2D eigenvalue weighted by atomic mass is 19.1. The van der Waals surface area contributed by atoms with Crippen LogP contribution in [-0.4, -0.2) is 20.2 Å². The topological polar surface area (TPSA) is 66.5 Å². The largest absolute Gasteiger partial charge is 0.337 e. The summed E-state index contributed by atoms with van der Waals surface area (Å²) >= 11 is 0. The fraction of sp³-hybridized carbons (Fsp3) is 0. The lowest BCUT2D eigenvalue weighted by atomic mass is 10.3. The van der Waals surface area contributed by atoms with E-state index in [1.54, 1.807) is 0 Å². The average molecular weight is 247 g/mol. The quantitative estimate of drug-likeness (QED) is 0.729. The van der Waals surface area contributed by atoms with Crippen LogP contribution >= 0.6 is 0 Å². The van der Waals surface area contributed by atoms with E-state index >= 15 is 0 Å². The average Bonchev–Trinajstić information content (AvgIpc) is 2.83. The second-order valence-electron chi connectivity index (χ2n) is 3.60. The van der Waals surface area contributed by atoms with Crippen molar-refractivity contribution in [2.75, 3.05) is 5.32 Å². The smallest absolute Gasteiger partial charge is 0.160 e. The number of aromatic nitrogens is 4. The Morgan fingerprint density at radius 1 is 1.17 bits per heavy atom. The van der Waals surface area contributed by atoms with E-state index in [4.69, 9.17) is 0 Å². The molecule has 0 spiro atoms. The normalized spacial score (nSPS) is 10.8. The SMILES string of the molecule is Fc1ccc(F)c(Nc2ncnc3[nH]ncc23)c1. The van der Waals surface area contributed by atoms with Crippen LogP contribution in [0.2, 0.25) is 0 Å². The molecule has 2 N–H and O–H groups in total. The van der Waals surface area contributed by atoms with Crippen LogP contribution in [0.1, 0.15) is 0 Å². The number of anilines is 2. The van der Waals surface area contributed by atoms with Crippen LogP contribution in [0.25, 0.3) is 11.0 Å². The van der Waals surface area contributed by atoms with E-state index in [2.05, 4.69) is 25.5 Å². The molecule has 0 aliphatic heterocycles. The summed E-state index contributed by atoms with van der Waals surface area (Å²) in [6, 6.07) is 3.16. The summed E-state index contributed by atoms with van der Waals surface area (Å²) < 4.78 is 26.5. The Kier molecular flexibility index (Phi) is 2.36. The van der Waals surface area contributed by atoms with Crippen molar-refractivity contribution in [3.8, 4) is 0 Å². The zero-order valence-corrected chi connectivity index (χ0v) is 8.98. The molecule has 2 aromatic heterocycles. The Morgan fingerprint density at radius 2 is 2.06 bits per heavy atom. The van der Waals surface area contributed by atoms with Gasteiger partial charge in [0.1, 0.15) is 23.8 Å². The summed E-state index contributed by atoms with van der Waals surface area (Å²) in [5, 5.41) is 9.79. The zero-order valence-electron chi connectivity index (χ0n) is 8.98. The zero-order chi connectivity index (χ0) is 12.5. The Labute approximate surface area is 99.9 Å². The maximum absolute atomic E-state index is 13.5. The highest BCUT2D eigenvalue weighted by molar-refractivity contribution is 5.87. The predicted octanol–water partition coefficient (Wildman–Crippen LogP) is 2.37. The molecule has 18 heavy (non-hydrogen) atoms. The van der Waals surface area contributed by atoms with Gasteiger partial charge < -0.3 is 5.32 Å². The molecule has 0 bridgehead atoms. The van der Waals surface area contributed by atoms with Gasteiger partial charge in [0, 0.05) is 6.07 Å². The molecule has 90 valence electrons. The highest BCUT2D eigenvalue weighted by Gasteiger charge is 2.09. The van der Waals surface area contributed by atoms with Crippen molar-refractivity contribution in [2.45, 2.75) is 0 Å². The molecular weight excluding hydrogens is 240 g/mol. The van der Waals surface area contributed by atoms with Crippen molar-refractivity contribution < 1.29 is 8.78 Å². The molecule has 0 aliphatic carbocycles. The lowest BCUT2D eigenvalue weighted by Crippen LogP contribution is -1.98. The monoisotopic (exact) mass is 247 g/mol. The molecule has 7 heteroatoms. The van der Waals surface area contributed by atoms with E-state index < -0.39 is 11.6 Å². The molecular formula is C11H7F2N5. The van der Waals surface area contributed by atoms with Crippen molar-refractivity contribution in [3.05, 3.63) is 42.4 Å². The second kappa shape index (κ2) is 4.02. The number of H-pyrrole nitrogens is 1. The fourth-order valence-electron chi connectivity index (χ4n) is 1.59. The van der Waals surface area contributed by atoms with Gasteiger partial charge in [-0.05, 0) is 12.1 Å². The summed E-state index contributed by atoms with van der Waals surface area (Å²) in [4.78, 5) is 7.92. The van der Waals surface area contributed by atoms with Crippen LogP contribution in [-0.2, 0) is 0 Å². The number of nitrogens with zero attached hydrogens (tertiary/aromatic N) is 3. The molecule has 3 aromatic rings. The van der Waals surface area contributed by atoms with Gasteiger partial charge in [0.05, 0.1) is 17.3 Å². The molecule has 2 heterocycles. The number of fused-ring (bicyclic) bond motifs is 1. The third-order valence-electron chi connectivity index (χ3n) is 2.43. The molecule has 0 aliphatic rings. The van der Waals surface area contributed by atoms with Gasteiger partial charge in [-0.1, -0.05) is 0 Å². The number of aromatic amines is 1. The van der Waals surface area contributed by atoms with E-state index in [-0.39, 0.29) is 5.69 Å². The van der Waals surface area contributed by atoms with Gasteiger partial charge in [-0.2, -0.15) is 5.10 Å². The van der Waals surface area contributed by atoms with Gasteiger partial charge in [-0.3, -0.25) is 5.10 Å². The van der Waals surface area contributed by atoms with Crippen LogP contribution < -0.4 is 5.32 Å². The summed E-state index contributed by atoms with van der Waals surface area (Å²) in [6.45, 7) is 0. The van der Waals surface area contributed by atoms with Crippen LogP contribution in [0, 0.1) is 11.6 Å². The first kappa shape index (κ1) is 10.6. The summed E-state index contributed by atoms with van der Waals surface area (Å²) in [6.07, 6.45) is 2.81. The standard InChI is InChI=1S/C11H7F2N5/c12-6-1-2-8(13)9(3-6)17-10-7-4-16-18-11(7)15-5-14-10/h1-5H,(H2,14,15,16,17,18). The minimum Gasteiger partial charge on any atom is -0.337 e. The minimum atomic E-state index is -0.563. The Balaban J connectivity index is 2.06. The molecule has 0 fully saturated rings. The first-order chi connectivity index (χ1) is 8.74. The van der Waals surface area contributed by atoms with E-state index in [1.807, 2.05) is 0 Å². The predicted molar refractivity (Wildman–Crippen MR) is 61.3 cm³/mol. The number of hydrogen-bond donors (Lipinski definition) is 2. The van der Waals surface area contributed by atoms with Crippen molar-refractivity contribution in [3.63, 3.8) is 0 Å².